The molecule has 0 fully saturated rings. The van der Waals surface area contributed by atoms with Crippen LogP contribution in [0.5, 0.6) is 0 Å². The van der Waals surface area contributed by atoms with Crippen molar-refractivity contribution < 1.29 is 81.1 Å². The molecular weight excluding hydrogens is 175 g/mol. The van der Waals surface area contributed by atoms with Gasteiger partial charge in [-0.15, -0.1) is 0 Å². The molecule has 0 N–H and O–H groups in total. The Hall–Kier alpha value is 2.84. The van der Waals surface area contributed by atoms with Gasteiger partial charge in [0.25, 0.3) is 0 Å². The number of hydrogen-bond acceptors (Lipinski definition) is 0. The van der Waals surface area contributed by atoms with Crippen LogP contribution in [0.4, 0.5) is 0 Å². The van der Waals surface area contributed by atoms with Crippen LogP contribution in [0.2, 0.25) is 0 Å². The molecule has 0 amide bonds. The molecule has 0 aromatic rings. The van der Waals surface area contributed by atoms with Crippen molar-refractivity contribution in [1.29, 1.82) is 0 Å². The second kappa shape index (κ2) is 17.0. The van der Waals surface area contributed by atoms with E-state index in [-0.39, 0.29) is 63.8 Å². The first-order valence-electron chi connectivity index (χ1n) is 0.267. The van der Waals surface area contributed by atoms with Gasteiger partial charge in [-0.1, -0.05) is 0 Å². The average Bonchev–Trinajstić information content (AvgIpc) is 1.00. The molecule has 0 aliphatic rings. The van der Waals surface area contributed by atoms with E-state index >= 15 is 0 Å². The van der Waals surface area contributed by atoms with Crippen LogP contribution >= 0.6 is 9.69 Å². The van der Waals surface area contributed by atoms with Crippen molar-refractivity contribution in [2.75, 3.05) is 0 Å². The molecule has 4 heavy (non-hydrogen) atoms. The molecular formula is Cl2KZn. The summed E-state index contributed by atoms with van der Waals surface area (Å²) in [4.78, 5) is 0. The van der Waals surface area contributed by atoms with Crippen LogP contribution in [-0.4, -0.2) is 0 Å². The van der Waals surface area contributed by atoms with E-state index in [2.05, 4.69) is 0 Å². The summed E-state index contributed by atoms with van der Waals surface area (Å²) in [5.41, 5.74) is 0. The van der Waals surface area contributed by atoms with E-state index in [9.17, 15) is 0 Å². The Bertz CT molecular complexity index is 6.00. The zero-order valence-corrected chi connectivity index (χ0v) is 10.1. The van der Waals surface area contributed by atoms with Gasteiger partial charge in [-0.3, -0.25) is 0 Å². The van der Waals surface area contributed by atoms with Gasteiger partial charge in [0, 0.05) is 0 Å². The maximum Gasteiger partial charge on any atom is 1.00 e. The van der Waals surface area contributed by atoms with E-state index in [1.54, 1.807) is 0 Å². The molecule has 0 spiro atoms. The van der Waals surface area contributed by atoms with Crippen molar-refractivity contribution >= 4 is 9.69 Å². The minimum Gasteiger partial charge on any atom is 1.00 e. The summed E-state index contributed by atoms with van der Waals surface area (Å²) in [7, 11) is 4.76. The molecule has 0 atom stereocenters. The first-order chi connectivity index (χ1) is 1.00. The van der Waals surface area contributed by atoms with Gasteiger partial charge in [0.05, 0.1) is 0 Å². The van der Waals surface area contributed by atoms with Crippen molar-refractivity contribution in [3.05, 3.63) is 0 Å². The molecule has 17 valence electrons. The van der Waals surface area contributed by atoms with E-state index in [4.69, 9.17) is 9.69 Å². The fourth-order valence-electron chi connectivity index (χ4n) is 0. The van der Waals surface area contributed by atoms with E-state index in [1.807, 2.05) is 0 Å². The Balaban J connectivity index is -0.00000000500. The molecule has 0 aliphatic carbocycles. The Morgan fingerprint density at radius 3 is 1.25 bits per heavy atom. The maximum atomic E-state index is 4.76. The van der Waals surface area contributed by atoms with Gasteiger partial charge in [-0.05, 0) is 0 Å². The van der Waals surface area contributed by atoms with Crippen molar-refractivity contribution in [3.8, 4) is 0 Å². The maximum absolute atomic E-state index is 4.76. The third-order valence-electron chi connectivity index (χ3n) is 0. The summed E-state index contributed by atoms with van der Waals surface area (Å²) in [6.07, 6.45) is 0. The predicted octanol–water partition coefficient (Wildman–Crippen LogP) is -5.30. The molecule has 0 heterocycles. The fraction of sp³-hybridized carbons (Fsp3) is 0. The van der Waals surface area contributed by atoms with Gasteiger partial charge in [0.1, 0.15) is 0 Å². The first-order valence-corrected chi connectivity index (χ1v) is 4.17. The van der Waals surface area contributed by atoms with Crippen molar-refractivity contribution in [1.82, 2.24) is 0 Å². The predicted molar refractivity (Wildman–Crippen MR) is 5.85 cm³/mol. The van der Waals surface area contributed by atoms with Crippen LogP contribution in [0, 0.1) is 0 Å². The monoisotopic (exact) mass is 173 g/mol. The molecule has 0 aromatic carbocycles. The average molecular weight is 175 g/mol. The topological polar surface area (TPSA) is 0 Å². The molecule has 4 heteroatoms. The number of rotatable bonds is 0. The molecule has 0 unspecified atom stereocenters. The molecule has 0 nitrogen and oxygen atoms in total. The fourth-order valence-corrected chi connectivity index (χ4v) is 0. The standard InChI is InChI=1S/2ClH.K.Zn/h2*1H;;/q;;2*+1/p-2. The number of halogens is 2. The zero-order valence-electron chi connectivity index (χ0n) is 2.46. The minimum absolute atomic E-state index is 0. The minimum atomic E-state index is 0. The number of hydrogen-bond donors (Lipinski definition) is 0. The van der Waals surface area contributed by atoms with Gasteiger partial charge < -0.3 is 12.4 Å². The molecule has 0 aliphatic heterocycles. The van der Waals surface area contributed by atoms with Crippen LogP contribution in [0.25, 0.3) is 0 Å². The summed E-state index contributed by atoms with van der Waals surface area (Å²) in [6.45, 7) is 0. The summed E-state index contributed by atoms with van der Waals surface area (Å²) in [5, 5.41) is 0. The zero-order chi connectivity index (χ0) is 2.00. The first kappa shape index (κ1) is 15.8. The molecule has 0 saturated heterocycles. The van der Waals surface area contributed by atoms with Gasteiger partial charge >= 0.3 is 78.4 Å². The Morgan fingerprint density at radius 2 is 1.25 bits per heavy atom. The normalized spacial score (nSPS) is 1.75. The molecule has 0 saturated carbocycles. The van der Waals surface area contributed by atoms with Crippen molar-refractivity contribution in [3.63, 3.8) is 0 Å². The van der Waals surface area contributed by atoms with Crippen LogP contribution in [-0.2, 0) is 17.3 Å². The van der Waals surface area contributed by atoms with Crippen molar-refractivity contribution in [2.45, 2.75) is 0 Å². The van der Waals surface area contributed by atoms with Crippen LogP contribution in [0.1, 0.15) is 0 Å². The van der Waals surface area contributed by atoms with E-state index < -0.39 is 0 Å². The van der Waals surface area contributed by atoms with Crippen LogP contribution in [0.3, 0.4) is 0 Å². The largest absolute Gasteiger partial charge is 1.00 e. The third-order valence-corrected chi connectivity index (χ3v) is 0. The van der Waals surface area contributed by atoms with Crippen LogP contribution in [0.15, 0.2) is 0 Å². The smallest absolute Gasteiger partial charge is 1.00 e. The van der Waals surface area contributed by atoms with Gasteiger partial charge in [0.2, 0.25) is 0 Å². The molecule has 0 aromatic heterocycles. The summed E-state index contributed by atoms with van der Waals surface area (Å²) in [6, 6.07) is 0. The summed E-state index contributed by atoms with van der Waals surface area (Å²) in [5.74, 6) is 0. The Morgan fingerprint density at radius 1 is 1.25 bits per heavy atom. The second-order valence-corrected chi connectivity index (χ2v) is 0. The third kappa shape index (κ3) is 8.85. The van der Waals surface area contributed by atoms with E-state index in [1.165, 1.54) is 0 Å². The Labute approximate surface area is 88.6 Å². The van der Waals surface area contributed by atoms with Gasteiger partial charge in [-0.2, -0.15) is 0 Å². The van der Waals surface area contributed by atoms with Gasteiger partial charge in [-0.25, -0.2) is 0 Å². The van der Waals surface area contributed by atoms with Crippen LogP contribution < -0.4 is 63.8 Å². The molecule has 0 radical (unpaired) electrons. The van der Waals surface area contributed by atoms with E-state index in [0.717, 1.165) is 17.3 Å². The summed E-state index contributed by atoms with van der Waals surface area (Å²) < 4.78 is 0. The van der Waals surface area contributed by atoms with Crippen molar-refractivity contribution in [2.24, 2.45) is 0 Å². The molecule has 0 rings (SSSR count). The SMILES string of the molecule is [Cl-].[Cl][Zn].[K+]. The second-order valence-electron chi connectivity index (χ2n) is 0. The summed E-state index contributed by atoms with van der Waals surface area (Å²) >= 11 is 0.847. The van der Waals surface area contributed by atoms with Gasteiger partial charge in [0.15, 0.2) is 0 Å². The quantitative estimate of drug-likeness (QED) is 0.323. The Kier molecular flexibility index (Phi) is 67.1. The molecule has 0 bridgehead atoms. The van der Waals surface area contributed by atoms with E-state index in [0.29, 0.717) is 0 Å².